The van der Waals surface area contributed by atoms with Crippen molar-refractivity contribution in [3.8, 4) is 0 Å². The highest BCUT2D eigenvalue weighted by molar-refractivity contribution is 5.81. The van der Waals surface area contributed by atoms with Crippen LogP contribution in [0.5, 0.6) is 0 Å². The molecule has 0 aliphatic rings. The number of benzene rings is 2. The van der Waals surface area contributed by atoms with Crippen LogP contribution in [0.3, 0.4) is 0 Å². The van der Waals surface area contributed by atoms with Gasteiger partial charge in [0.1, 0.15) is 12.4 Å². The molecule has 2 aromatic carbocycles. The van der Waals surface area contributed by atoms with Gasteiger partial charge in [0, 0.05) is 7.05 Å². The summed E-state index contributed by atoms with van der Waals surface area (Å²) >= 11 is 0. The maximum absolute atomic E-state index is 13.3. The summed E-state index contributed by atoms with van der Waals surface area (Å²) in [5, 5.41) is 3.01. The van der Waals surface area contributed by atoms with E-state index >= 15 is 0 Å². The van der Waals surface area contributed by atoms with Crippen molar-refractivity contribution < 1.29 is 9.18 Å². The highest BCUT2D eigenvalue weighted by Gasteiger charge is 2.28. The molecule has 1 heterocycles. The Balaban J connectivity index is 1.89. The van der Waals surface area contributed by atoms with Gasteiger partial charge < -0.3 is 5.32 Å². The van der Waals surface area contributed by atoms with E-state index in [9.17, 15) is 14.0 Å². The fourth-order valence-electron chi connectivity index (χ4n) is 3.32. The Kier molecular flexibility index (Phi) is 4.91. The largest absolute Gasteiger partial charge is 0.347 e. The van der Waals surface area contributed by atoms with Crippen LogP contribution in [0, 0.1) is 11.2 Å². The number of carbonyl (C=O) groups is 1. The van der Waals surface area contributed by atoms with Crippen LogP contribution >= 0.6 is 0 Å². The van der Waals surface area contributed by atoms with Crippen LogP contribution in [-0.2, 0) is 18.4 Å². The fraction of sp³-hybridized carbons (Fsp3) is 0.333. The van der Waals surface area contributed by atoms with Crippen LogP contribution in [0.4, 0.5) is 4.39 Å². The Bertz CT molecular complexity index is 1030. The number of nitrogens with zero attached hydrogens (tertiary/aromatic N) is 2. The monoisotopic (exact) mass is 369 g/mol. The molecule has 0 fully saturated rings. The SMILES string of the molecule is Cn1c(=O)n(CC(=O)NC(c2ccc(F)cc2)C(C)(C)C)c2ccccc21. The van der Waals surface area contributed by atoms with E-state index < -0.39 is 0 Å². The van der Waals surface area contributed by atoms with Gasteiger partial charge in [0.2, 0.25) is 5.91 Å². The van der Waals surface area contributed by atoms with E-state index in [1.807, 2.05) is 45.0 Å². The van der Waals surface area contributed by atoms with Gasteiger partial charge in [-0.25, -0.2) is 9.18 Å². The van der Waals surface area contributed by atoms with Crippen molar-refractivity contribution in [2.45, 2.75) is 33.4 Å². The number of carbonyl (C=O) groups excluding carboxylic acids is 1. The number of rotatable bonds is 4. The number of amides is 1. The third-order valence-corrected chi connectivity index (χ3v) is 4.73. The molecule has 0 saturated carbocycles. The van der Waals surface area contributed by atoms with Crippen molar-refractivity contribution in [2.24, 2.45) is 12.5 Å². The van der Waals surface area contributed by atoms with Gasteiger partial charge in [-0.1, -0.05) is 45.0 Å². The van der Waals surface area contributed by atoms with E-state index in [1.165, 1.54) is 21.3 Å². The van der Waals surface area contributed by atoms with Gasteiger partial charge in [-0.15, -0.1) is 0 Å². The molecule has 0 bridgehead atoms. The summed E-state index contributed by atoms with van der Waals surface area (Å²) in [6, 6.07) is 13.2. The molecule has 0 radical (unpaired) electrons. The first-order valence-electron chi connectivity index (χ1n) is 8.87. The van der Waals surface area contributed by atoms with Gasteiger partial charge in [-0.3, -0.25) is 13.9 Å². The molecule has 1 N–H and O–H groups in total. The zero-order valence-electron chi connectivity index (χ0n) is 16.0. The Labute approximate surface area is 157 Å². The van der Waals surface area contributed by atoms with Crippen LogP contribution in [0.25, 0.3) is 11.0 Å². The lowest BCUT2D eigenvalue weighted by Crippen LogP contribution is -2.39. The average Bonchev–Trinajstić information content (AvgIpc) is 2.85. The van der Waals surface area contributed by atoms with Gasteiger partial charge >= 0.3 is 5.69 Å². The molecule has 6 heteroatoms. The lowest BCUT2D eigenvalue weighted by atomic mass is 9.82. The first-order chi connectivity index (χ1) is 12.7. The minimum absolute atomic E-state index is 0.0754. The fourth-order valence-corrected chi connectivity index (χ4v) is 3.32. The first-order valence-corrected chi connectivity index (χ1v) is 8.87. The number of aryl methyl sites for hydroxylation is 1. The van der Waals surface area contributed by atoms with Crippen LogP contribution in [0.1, 0.15) is 32.4 Å². The molecule has 142 valence electrons. The van der Waals surface area contributed by atoms with Crippen LogP contribution < -0.4 is 11.0 Å². The number of hydrogen-bond donors (Lipinski definition) is 1. The number of halogens is 1. The molecular formula is C21H24FN3O2. The number of imidazole rings is 1. The van der Waals surface area contributed by atoms with E-state index in [1.54, 1.807) is 19.2 Å². The van der Waals surface area contributed by atoms with Crippen LogP contribution in [0.15, 0.2) is 53.3 Å². The molecule has 27 heavy (non-hydrogen) atoms. The van der Waals surface area contributed by atoms with E-state index in [4.69, 9.17) is 0 Å². The van der Waals surface area contributed by atoms with E-state index in [-0.39, 0.29) is 35.4 Å². The maximum Gasteiger partial charge on any atom is 0.329 e. The molecular weight excluding hydrogens is 345 g/mol. The lowest BCUT2D eigenvalue weighted by Gasteiger charge is -2.32. The Hall–Kier alpha value is -2.89. The Morgan fingerprint density at radius 3 is 2.26 bits per heavy atom. The van der Waals surface area contributed by atoms with Crippen molar-refractivity contribution in [2.75, 3.05) is 0 Å². The van der Waals surface area contributed by atoms with Crippen molar-refractivity contribution in [3.05, 3.63) is 70.4 Å². The third kappa shape index (κ3) is 3.79. The Morgan fingerprint density at radius 2 is 1.67 bits per heavy atom. The number of para-hydroxylation sites is 2. The van der Waals surface area contributed by atoms with Crippen molar-refractivity contribution in [1.29, 1.82) is 0 Å². The maximum atomic E-state index is 13.3. The molecule has 5 nitrogen and oxygen atoms in total. The van der Waals surface area contributed by atoms with Crippen molar-refractivity contribution in [3.63, 3.8) is 0 Å². The lowest BCUT2D eigenvalue weighted by molar-refractivity contribution is -0.123. The summed E-state index contributed by atoms with van der Waals surface area (Å²) in [4.78, 5) is 25.3. The van der Waals surface area contributed by atoms with E-state index in [2.05, 4.69) is 5.32 Å². The number of fused-ring (bicyclic) bond motifs is 1. The van der Waals surface area contributed by atoms with Gasteiger partial charge in [-0.05, 0) is 35.2 Å². The normalized spacial score (nSPS) is 12.9. The summed E-state index contributed by atoms with van der Waals surface area (Å²) < 4.78 is 16.3. The summed E-state index contributed by atoms with van der Waals surface area (Å²) in [5.41, 5.74) is 1.80. The molecule has 3 rings (SSSR count). The van der Waals surface area contributed by atoms with Gasteiger partial charge in [0.25, 0.3) is 0 Å². The highest BCUT2D eigenvalue weighted by Crippen LogP contribution is 2.32. The molecule has 1 unspecified atom stereocenters. The second-order valence-electron chi connectivity index (χ2n) is 7.83. The molecule has 0 aliphatic heterocycles. The Morgan fingerprint density at radius 1 is 1.07 bits per heavy atom. The van der Waals surface area contributed by atoms with Gasteiger partial charge in [0.05, 0.1) is 17.1 Å². The standard InChI is InChI=1S/C21H24FN3O2/c1-21(2,3)19(14-9-11-15(22)12-10-14)23-18(26)13-25-17-8-6-5-7-16(17)24(4)20(25)27/h5-12,19H,13H2,1-4H3,(H,23,26). The van der Waals surface area contributed by atoms with Gasteiger partial charge in [0.15, 0.2) is 0 Å². The number of hydrogen-bond acceptors (Lipinski definition) is 2. The van der Waals surface area contributed by atoms with Crippen LogP contribution in [0.2, 0.25) is 0 Å². The first kappa shape index (κ1) is 18.9. The minimum atomic E-state index is -0.319. The third-order valence-electron chi connectivity index (χ3n) is 4.73. The zero-order chi connectivity index (χ0) is 19.8. The molecule has 0 saturated heterocycles. The number of aromatic nitrogens is 2. The second kappa shape index (κ2) is 7.02. The quantitative estimate of drug-likeness (QED) is 0.766. The summed E-state index contributed by atoms with van der Waals surface area (Å²) in [5.74, 6) is -0.585. The predicted molar refractivity (Wildman–Crippen MR) is 104 cm³/mol. The smallest absolute Gasteiger partial charge is 0.329 e. The molecule has 1 amide bonds. The second-order valence-corrected chi connectivity index (χ2v) is 7.83. The zero-order valence-corrected chi connectivity index (χ0v) is 16.0. The van der Waals surface area contributed by atoms with Gasteiger partial charge in [-0.2, -0.15) is 0 Å². The van der Waals surface area contributed by atoms with Crippen molar-refractivity contribution in [1.82, 2.24) is 14.5 Å². The van der Waals surface area contributed by atoms with E-state index in [0.717, 1.165) is 11.1 Å². The highest BCUT2D eigenvalue weighted by atomic mass is 19.1. The minimum Gasteiger partial charge on any atom is -0.347 e. The molecule has 3 aromatic rings. The summed E-state index contributed by atoms with van der Waals surface area (Å²) in [6.45, 7) is 5.94. The number of nitrogens with one attached hydrogen (secondary N) is 1. The molecule has 0 spiro atoms. The molecule has 1 atom stereocenters. The van der Waals surface area contributed by atoms with E-state index in [0.29, 0.717) is 5.52 Å². The topological polar surface area (TPSA) is 56.0 Å². The molecule has 1 aromatic heterocycles. The summed E-state index contributed by atoms with van der Waals surface area (Å²) in [7, 11) is 1.69. The van der Waals surface area contributed by atoms with Crippen molar-refractivity contribution >= 4 is 16.9 Å². The average molecular weight is 369 g/mol. The molecule has 0 aliphatic carbocycles. The predicted octanol–water partition coefficient (Wildman–Crippen LogP) is 3.38. The summed E-state index contributed by atoms with van der Waals surface area (Å²) in [6.07, 6.45) is 0. The van der Waals surface area contributed by atoms with Crippen LogP contribution in [-0.4, -0.2) is 15.0 Å².